The van der Waals surface area contributed by atoms with Crippen molar-refractivity contribution in [3.63, 3.8) is 0 Å². The zero-order valence-electron chi connectivity index (χ0n) is 14.9. The standard InChI is InChI=1S/C21H28O2Si/c1-21(2,3)24(18-10-6-4-7-11-18,19-12-8-5-9-13-19)23-16-17-14-15-20(17)22/h4-13,17,20,22H,14-16H2,1-3H3. The molecule has 0 aliphatic heterocycles. The van der Waals surface area contributed by atoms with Gasteiger partial charge >= 0.3 is 0 Å². The van der Waals surface area contributed by atoms with E-state index in [2.05, 4.69) is 81.4 Å². The van der Waals surface area contributed by atoms with Gasteiger partial charge in [-0.05, 0) is 28.3 Å². The summed E-state index contributed by atoms with van der Waals surface area (Å²) in [6.07, 6.45) is 1.79. The van der Waals surface area contributed by atoms with Gasteiger partial charge in [-0.2, -0.15) is 0 Å². The molecule has 1 fully saturated rings. The molecule has 1 N–H and O–H groups in total. The topological polar surface area (TPSA) is 29.5 Å². The zero-order valence-corrected chi connectivity index (χ0v) is 15.9. The molecule has 1 aliphatic carbocycles. The molecule has 0 spiro atoms. The molecule has 1 saturated carbocycles. The van der Waals surface area contributed by atoms with Gasteiger partial charge in [0.15, 0.2) is 0 Å². The first-order chi connectivity index (χ1) is 11.4. The molecule has 24 heavy (non-hydrogen) atoms. The summed E-state index contributed by atoms with van der Waals surface area (Å²) in [6, 6.07) is 21.4. The first kappa shape index (κ1) is 17.4. The van der Waals surface area contributed by atoms with Crippen molar-refractivity contribution in [2.24, 2.45) is 5.92 Å². The Balaban J connectivity index is 2.06. The van der Waals surface area contributed by atoms with E-state index < -0.39 is 8.32 Å². The van der Waals surface area contributed by atoms with Crippen molar-refractivity contribution >= 4 is 18.7 Å². The Kier molecular flexibility index (Phi) is 4.95. The lowest BCUT2D eigenvalue weighted by atomic mass is 9.83. The molecule has 0 heterocycles. The number of aliphatic hydroxyl groups excluding tert-OH is 1. The fraction of sp³-hybridized carbons (Fsp3) is 0.429. The van der Waals surface area contributed by atoms with E-state index in [1.54, 1.807) is 0 Å². The van der Waals surface area contributed by atoms with Crippen LogP contribution >= 0.6 is 0 Å². The maximum Gasteiger partial charge on any atom is 0.261 e. The summed E-state index contributed by atoms with van der Waals surface area (Å²) in [6.45, 7) is 7.51. The Hall–Kier alpha value is -1.42. The Morgan fingerprint density at radius 1 is 0.917 bits per heavy atom. The van der Waals surface area contributed by atoms with E-state index in [0.717, 1.165) is 12.8 Å². The lowest BCUT2D eigenvalue weighted by Gasteiger charge is -2.45. The summed E-state index contributed by atoms with van der Waals surface area (Å²) in [7, 11) is -2.44. The number of benzene rings is 2. The van der Waals surface area contributed by atoms with Gasteiger partial charge in [-0.25, -0.2) is 0 Å². The minimum Gasteiger partial charge on any atom is -0.407 e. The Morgan fingerprint density at radius 3 is 1.75 bits per heavy atom. The molecular formula is C21H28O2Si. The first-order valence-electron chi connectivity index (χ1n) is 8.88. The quantitative estimate of drug-likeness (QED) is 0.846. The van der Waals surface area contributed by atoms with Crippen molar-refractivity contribution in [1.82, 2.24) is 0 Å². The predicted octanol–water partition coefficient (Wildman–Crippen LogP) is 3.33. The van der Waals surface area contributed by atoms with E-state index in [0.29, 0.717) is 6.61 Å². The minimum atomic E-state index is -2.44. The van der Waals surface area contributed by atoms with Crippen molar-refractivity contribution < 1.29 is 9.53 Å². The van der Waals surface area contributed by atoms with E-state index in [1.807, 2.05) is 0 Å². The Labute approximate surface area is 146 Å². The predicted molar refractivity (Wildman–Crippen MR) is 102 cm³/mol. The van der Waals surface area contributed by atoms with Crippen LogP contribution in [0, 0.1) is 5.92 Å². The van der Waals surface area contributed by atoms with Gasteiger partial charge in [-0.1, -0.05) is 81.4 Å². The minimum absolute atomic E-state index is 0.00437. The second-order valence-corrected chi connectivity index (χ2v) is 12.2. The van der Waals surface area contributed by atoms with Crippen molar-refractivity contribution in [1.29, 1.82) is 0 Å². The highest BCUT2D eigenvalue weighted by Crippen LogP contribution is 2.38. The summed E-state index contributed by atoms with van der Waals surface area (Å²) < 4.78 is 6.82. The van der Waals surface area contributed by atoms with Crippen LogP contribution in [0.1, 0.15) is 33.6 Å². The fourth-order valence-corrected chi connectivity index (χ4v) is 8.36. The smallest absolute Gasteiger partial charge is 0.261 e. The average Bonchev–Trinajstić information content (AvgIpc) is 2.58. The summed E-state index contributed by atoms with van der Waals surface area (Å²) in [5.74, 6) is 0.284. The molecule has 1 aliphatic rings. The molecule has 3 rings (SSSR count). The van der Waals surface area contributed by atoms with E-state index in [1.165, 1.54) is 10.4 Å². The average molecular weight is 341 g/mol. The van der Waals surface area contributed by atoms with Crippen LogP contribution in [0.4, 0.5) is 0 Å². The molecule has 2 aromatic rings. The van der Waals surface area contributed by atoms with Crippen LogP contribution < -0.4 is 10.4 Å². The van der Waals surface area contributed by atoms with E-state index >= 15 is 0 Å². The zero-order chi connectivity index (χ0) is 17.2. The van der Waals surface area contributed by atoms with Crippen molar-refractivity contribution in [2.45, 2.75) is 44.8 Å². The molecule has 0 bridgehead atoms. The van der Waals surface area contributed by atoms with E-state index in [9.17, 15) is 5.11 Å². The SMILES string of the molecule is CC(C)(C)[Si](OCC1CCC1O)(c1ccccc1)c1ccccc1. The first-order valence-corrected chi connectivity index (χ1v) is 10.8. The number of hydrogen-bond acceptors (Lipinski definition) is 2. The Bertz CT molecular complexity index is 609. The van der Waals surface area contributed by atoms with Crippen LogP contribution in [0.15, 0.2) is 60.7 Å². The van der Waals surface area contributed by atoms with Gasteiger partial charge in [0.25, 0.3) is 8.32 Å². The monoisotopic (exact) mass is 340 g/mol. The van der Waals surface area contributed by atoms with E-state index in [4.69, 9.17) is 4.43 Å². The maximum absolute atomic E-state index is 9.98. The maximum atomic E-state index is 9.98. The third kappa shape index (κ3) is 3.08. The molecule has 0 saturated heterocycles. The molecule has 0 radical (unpaired) electrons. The molecule has 0 aromatic heterocycles. The third-order valence-electron chi connectivity index (χ3n) is 5.31. The summed E-state index contributed by atoms with van der Waals surface area (Å²) >= 11 is 0. The van der Waals surface area contributed by atoms with Crippen LogP contribution in [0.2, 0.25) is 5.04 Å². The molecule has 2 aromatic carbocycles. The third-order valence-corrected chi connectivity index (χ3v) is 10.3. The summed E-state index contributed by atoms with van der Waals surface area (Å²) in [5.41, 5.74) is 0. The molecule has 0 amide bonds. The molecule has 2 unspecified atom stereocenters. The van der Waals surface area contributed by atoms with Gasteiger partial charge in [-0.3, -0.25) is 0 Å². The number of rotatable bonds is 5. The highest BCUT2D eigenvalue weighted by molar-refractivity contribution is 6.99. The lowest BCUT2D eigenvalue weighted by Crippen LogP contribution is -2.67. The van der Waals surface area contributed by atoms with Crippen molar-refractivity contribution in [2.75, 3.05) is 6.61 Å². The van der Waals surface area contributed by atoms with Gasteiger partial charge in [0.2, 0.25) is 0 Å². The van der Waals surface area contributed by atoms with Gasteiger partial charge in [0, 0.05) is 12.5 Å². The molecule has 2 nitrogen and oxygen atoms in total. The molecule has 128 valence electrons. The van der Waals surface area contributed by atoms with Crippen LogP contribution in [0.5, 0.6) is 0 Å². The van der Waals surface area contributed by atoms with Crippen molar-refractivity contribution in [3.05, 3.63) is 60.7 Å². The molecule has 3 heteroatoms. The highest BCUT2D eigenvalue weighted by Gasteiger charge is 2.50. The lowest BCUT2D eigenvalue weighted by molar-refractivity contribution is -0.00340. The van der Waals surface area contributed by atoms with Gasteiger partial charge in [0.05, 0.1) is 6.10 Å². The van der Waals surface area contributed by atoms with Gasteiger partial charge in [0.1, 0.15) is 0 Å². The number of aliphatic hydroxyl groups is 1. The highest BCUT2D eigenvalue weighted by atomic mass is 28.4. The van der Waals surface area contributed by atoms with Crippen molar-refractivity contribution in [3.8, 4) is 0 Å². The normalized spacial score (nSPS) is 21.3. The molecular weight excluding hydrogens is 312 g/mol. The second kappa shape index (κ2) is 6.83. The fourth-order valence-electron chi connectivity index (χ4n) is 3.74. The van der Waals surface area contributed by atoms with Gasteiger partial charge < -0.3 is 9.53 Å². The Morgan fingerprint density at radius 2 is 1.42 bits per heavy atom. The van der Waals surface area contributed by atoms with E-state index in [-0.39, 0.29) is 17.1 Å². The van der Waals surface area contributed by atoms with Crippen LogP contribution in [0.25, 0.3) is 0 Å². The molecule has 2 atom stereocenters. The van der Waals surface area contributed by atoms with Crippen LogP contribution in [0.3, 0.4) is 0 Å². The van der Waals surface area contributed by atoms with Gasteiger partial charge in [-0.15, -0.1) is 0 Å². The largest absolute Gasteiger partial charge is 0.407 e. The second-order valence-electron chi connectivity index (χ2n) is 7.88. The summed E-state index contributed by atoms with van der Waals surface area (Å²) in [5, 5.41) is 12.6. The summed E-state index contributed by atoms with van der Waals surface area (Å²) in [4.78, 5) is 0. The van der Waals surface area contributed by atoms with Crippen LogP contribution in [-0.2, 0) is 4.43 Å². The number of hydrogen-bond donors (Lipinski definition) is 1. The van der Waals surface area contributed by atoms with Crippen LogP contribution in [-0.4, -0.2) is 26.1 Å².